The monoisotopic (exact) mass is 490 g/mol. The molecule has 0 spiro atoms. The van der Waals surface area contributed by atoms with E-state index in [0.717, 1.165) is 5.41 Å². The third-order valence-corrected chi connectivity index (χ3v) is 7.21. The second-order valence-corrected chi connectivity index (χ2v) is 11.9. The van der Waals surface area contributed by atoms with Crippen LogP contribution in [0.25, 0.3) is 6.08 Å². The Balaban J connectivity index is 2.06. The van der Waals surface area contributed by atoms with Crippen LogP contribution in [0.2, 0.25) is 0 Å². The first-order chi connectivity index (χ1) is 14.3. The van der Waals surface area contributed by atoms with E-state index >= 15 is 0 Å². The fourth-order valence-electron chi connectivity index (χ4n) is 2.42. The number of phenols is 1. The molecule has 170 valence electrons. The Hall–Kier alpha value is -2.41. The Morgan fingerprint density at radius 3 is 2.10 bits per heavy atom. The number of sulfone groups is 1. The lowest BCUT2D eigenvalue weighted by Gasteiger charge is -2.07. The van der Waals surface area contributed by atoms with E-state index in [0.29, 0.717) is 16.7 Å². The molecule has 2 aromatic rings. The second kappa shape index (κ2) is 9.81. The maximum absolute atomic E-state index is 12.3. The predicted molar refractivity (Wildman–Crippen MR) is 116 cm³/mol. The molecule has 0 bridgehead atoms. The van der Waals surface area contributed by atoms with Crippen LogP contribution >= 0.6 is 0 Å². The summed E-state index contributed by atoms with van der Waals surface area (Å²) in [5.74, 6) is -1.69. The van der Waals surface area contributed by atoms with Crippen LogP contribution in [0, 0.1) is 0 Å². The third kappa shape index (κ3) is 8.69. The third-order valence-electron chi connectivity index (χ3n) is 4.06. The van der Waals surface area contributed by atoms with E-state index < -0.39 is 41.6 Å². The minimum absolute atomic E-state index is 0.106. The smallest absolute Gasteiger partial charge is 0.309 e. The van der Waals surface area contributed by atoms with Gasteiger partial charge >= 0.3 is 10.1 Å². The molecule has 0 aliphatic heterocycles. The maximum Gasteiger partial charge on any atom is 0.309 e. The zero-order chi connectivity index (χ0) is 23.3. The molecule has 0 radical (unpaired) electrons. The largest absolute Gasteiger partial charge is 0.504 e. The lowest BCUT2D eigenvalue weighted by molar-refractivity contribution is 0.428. The minimum Gasteiger partial charge on any atom is -0.504 e. The van der Waals surface area contributed by atoms with Crippen molar-refractivity contribution >= 4 is 36.1 Å². The average Bonchev–Trinajstić information content (AvgIpc) is 2.67. The van der Waals surface area contributed by atoms with Crippen LogP contribution in [-0.4, -0.2) is 46.4 Å². The van der Waals surface area contributed by atoms with Crippen molar-refractivity contribution in [2.75, 3.05) is 11.5 Å². The Kier molecular flexibility index (Phi) is 7.87. The average molecular weight is 491 g/mol. The normalized spacial score (nSPS) is 12.8. The molecule has 0 unspecified atom stereocenters. The van der Waals surface area contributed by atoms with E-state index in [1.54, 1.807) is 24.3 Å². The predicted octanol–water partition coefficient (Wildman–Crippen LogP) is 2.14. The van der Waals surface area contributed by atoms with Crippen LogP contribution < -0.4 is 4.18 Å². The summed E-state index contributed by atoms with van der Waals surface area (Å²) < 4.78 is 82.7. The van der Waals surface area contributed by atoms with Gasteiger partial charge in [0.2, 0.25) is 0 Å². The number of benzene rings is 2. The summed E-state index contributed by atoms with van der Waals surface area (Å²) in [7, 11) is -11.5. The fourth-order valence-corrected chi connectivity index (χ4v) is 4.56. The molecule has 0 fully saturated rings. The SMILES string of the molecule is CCS(=O)(=O)Oc1ccc(/C=C/S(=O)(=O)Cc2ccc(CCS(=O)(=O)O)cc2)cc1O. The Labute approximate surface area is 181 Å². The molecule has 2 aromatic carbocycles. The second-order valence-electron chi connectivity index (χ2n) is 6.62. The Morgan fingerprint density at radius 2 is 1.55 bits per heavy atom. The van der Waals surface area contributed by atoms with Crippen molar-refractivity contribution in [2.45, 2.75) is 19.1 Å². The molecule has 0 amide bonds. The molecule has 0 heterocycles. The zero-order valence-electron chi connectivity index (χ0n) is 16.5. The number of aromatic hydroxyl groups is 1. The zero-order valence-corrected chi connectivity index (χ0v) is 19.0. The van der Waals surface area contributed by atoms with Gasteiger partial charge in [-0.3, -0.25) is 4.55 Å². The minimum atomic E-state index is -4.07. The summed E-state index contributed by atoms with van der Waals surface area (Å²) in [6.45, 7) is 1.39. The van der Waals surface area contributed by atoms with Gasteiger partial charge in [0.25, 0.3) is 10.1 Å². The number of aryl methyl sites for hydroxylation is 1. The molecule has 12 heteroatoms. The van der Waals surface area contributed by atoms with Crippen LogP contribution in [0.4, 0.5) is 0 Å². The molecule has 0 aliphatic rings. The van der Waals surface area contributed by atoms with Crippen molar-refractivity contribution < 1.29 is 39.1 Å². The molecule has 2 rings (SSSR count). The summed E-state index contributed by atoms with van der Waals surface area (Å²) in [6, 6.07) is 10.1. The molecule has 0 saturated carbocycles. The van der Waals surface area contributed by atoms with Crippen LogP contribution in [0.1, 0.15) is 23.6 Å². The first-order valence-corrected chi connectivity index (χ1v) is 13.9. The van der Waals surface area contributed by atoms with Crippen molar-refractivity contribution in [1.29, 1.82) is 0 Å². The molecule has 0 atom stereocenters. The highest BCUT2D eigenvalue weighted by Gasteiger charge is 2.13. The van der Waals surface area contributed by atoms with Crippen molar-refractivity contribution in [3.8, 4) is 11.5 Å². The van der Waals surface area contributed by atoms with Crippen LogP contribution in [-0.2, 0) is 42.2 Å². The first-order valence-electron chi connectivity index (χ1n) is 8.97. The highest BCUT2D eigenvalue weighted by molar-refractivity contribution is 7.93. The molecular weight excluding hydrogens is 468 g/mol. The standard InChI is InChI=1S/C19H22O9S3/c1-2-31(26,27)28-19-8-7-16(13-18(19)20)9-11-29(21,22)14-17-5-3-15(4-6-17)10-12-30(23,24)25/h3-9,11,13,20H,2,10,12,14H2,1H3,(H,23,24,25)/b11-9+. The number of hydrogen-bond acceptors (Lipinski definition) is 8. The number of rotatable bonds is 10. The van der Waals surface area contributed by atoms with E-state index in [9.17, 15) is 30.4 Å². The van der Waals surface area contributed by atoms with Gasteiger partial charge in [-0.05, 0) is 48.2 Å². The molecule has 0 aromatic heterocycles. The van der Waals surface area contributed by atoms with E-state index in [4.69, 9.17) is 8.74 Å². The summed E-state index contributed by atoms with van der Waals surface area (Å²) >= 11 is 0. The summed E-state index contributed by atoms with van der Waals surface area (Å²) in [5, 5.41) is 10.9. The number of phenolic OH excluding ortho intramolecular Hbond substituents is 1. The van der Waals surface area contributed by atoms with Gasteiger partial charge in [0, 0.05) is 5.41 Å². The molecule has 2 N–H and O–H groups in total. The van der Waals surface area contributed by atoms with Gasteiger partial charge in [0.15, 0.2) is 21.3 Å². The highest BCUT2D eigenvalue weighted by Crippen LogP contribution is 2.29. The Morgan fingerprint density at radius 1 is 0.935 bits per heavy atom. The molecule has 31 heavy (non-hydrogen) atoms. The highest BCUT2D eigenvalue weighted by atomic mass is 32.2. The lowest BCUT2D eigenvalue weighted by Crippen LogP contribution is -2.11. The van der Waals surface area contributed by atoms with E-state index in [1.807, 2.05) is 0 Å². The van der Waals surface area contributed by atoms with Gasteiger partial charge in [0.05, 0.1) is 17.3 Å². The van der Waals surface area contributed by atoms with Gasteiger partial charge in [0.1, 0.15) is 0 Å². The molecule has 0 aliphatic carbocycles. The molecule has 0 saturated heterocycles. The van der Waals surface area contributed by atoms with E-state index in [1.165, 1.54) is 31.2 Å². The fraction of sp³-hybridized carbons (Fsp3) is 0.263. The van der Waals surface area contributed by atoms with Crippen molar-refractivity contribution in [3.63, 3.8) is 0 Å². The van der Waals surface area contributed by atoms with Gasteiger partial charge in [-0.25, -0.2) is 8.42 Å². The summed E-state index contributed by atoms with van der Waals surface area (Å²) in [4.78, 5) is 0. The van der Waals surface area contributed by atoms with Crippen LogP contribution in [0.15, 0.2) is 47.9 Å². The van der Waals surface area contributed by atoms with E-state index in [2.05, 4.69) is 0 Å². The van der Waals surface area contributed by atoms with Gasteiger partial charge in [-0.15, -0.1) is 0 Å². The maximum atomic E-state index is 12.3. The first kappa shape index (κ1) is 24.9. The topological polar surface area (TPSA) is 152 Å². The summed E-state index contributed by atoms with van der Waals surface area (Å²) in [6.07, 6.45) is 1.36. The number of hydrogen-bond donors (Lipinski definition) is 2. The quantitative estimate of drug-likeness (QED) is 0.377. The Bertz CT molecular complexity index is 1260. The van der Waals surface area contributed by atoms with Gasteiger partial charge < -0.3 is 9.29 Å². The van der Waals surface area contributed by atoms with Crippen molar-refractivity contribution in [3.05, 3.63) is 64.6 Å². The molecule has 9 nitrogen and oxygen atoms in total. The van der Waals surface area contributed by atoms with Crippen molar-refractivity contribution in [2.24, 2.45) is 0 Å². The lowest BCUT2D eigenvalue weighted by atomic mass is 10.1. The summed E-state index contributed by atoms with van der Waals surface area (Å²) in [5.41, 5.74) is 1.44. The van der Waals surface area contributed by atoms with Crippen LogP contribution in [0.5, 0.6) is 11.5 Å². The van der Waals surface area contributed by atoms with E-state index in [-0.39, 0.29) is 23.7 Å². The molecular formula is C19H22O9S3. The van der Waals surface area contributed by atoms with Crippen molar-refractivity contribution in [1.82, 2.24) is 0 Å². The van der Waals surface area contributed by atoms with Gasteiger partial charge in [-0.1, -0.05) is 30.3 Å². The van der Waals surface area contributed by atoms with Gasteiger partial charge in [-0.2, -0.15) is 16.8 Å². The van der Waals surface area contributed by atoms with Crippen LogP contribution in [0.3, 0.4) is 0 Å².